The fourth-order valence-corrected chi connectivity index (χ4v) is 3.30. The van der Waals surface area contributed by atoms with Gasteiger partial charge in [0.25, 0.3) is 0 Å². The van der Waals surface area contributed by atoms with Gasteiger partial charge in [0.2, 0.25) is 0 Å². The molecule has 104 valence electrons. The summed E-state index contributed by atoms with van der Waals surface area (Å²) in [6.07, 6.45) is 3.46. The summed E-state index contributed by atoms with van der Waals surface area (Å²) in [7, 11) is 0. The Kier molecular flexibility index (Phi) is 4.52. The van der Waals surface area contributed by atoms with Crippen LogP contribution < -0.4 is 0 Å². The SMILES string of the molecule is CSc1c(Cl)ccc(C(=O)C(C#N)C(=O)C2CC2)c1C. The van der Waals surface area contributed by atoms with Gasteiger partial charge in [0, 0.05) is 16.4 Å². The van der Waals surface area contributed by atoms with E-state index in [-0.39, 0.29) is 11.7 Å². The van der Waals surface area contributed by atoms with Crippen molar-refractivity contribution in [2.45, 2.75) is 24.7 Å². The van der Waals surface area contributed by atoms with Gasteiger partial charge in [0.1, 0.15) is 0 Å². The third-order valence-electron chi connectivity index (χ3n) is 3.48. The molecule has 3 nitrogen and oxygen atoms in total. The number of rotatable bonds is 5. The van der Waals surface area contributed by atoms with Gasteiger partial charge in [-0.3, -0.25) is 9.59 Å². The van der Waals surface area contributed by atoms with Crippen molar-refractivity contribution in [1.82, 2.24) is 0 Å². The van der Waals surface area contributed by atoms with Crippen LogP contribution in [-0.2, 0) is 4.79 Å². The Morgan fingerprint density at radius 3 is 2.60 bits per heavy atom. The zero-order valence-corrected chi connectivity index (χ0v) is 12.8. The van der Waals surface area contributed by atoms with E-state index in [0.717, 1.165) is 23.3 Å². The fraction of sp³-hybridized carbons (Fsp3) is 0.400. The molecule has 1 fully saturated rings. The maximum atomic E-state index is 12.5. The molecular formula is C15H14ClNO2S. The molecule has 0 amide bonds. The number of hydrogen-bond acceptors (Lipinski definition) is 4. The highest BCUT2D eigenvalue weighted by Crippen LogP contribution is 2.35. The lowest BCUT2D eigenvalue weighted by Gasteiger charge is -2.13. The lowest BCUT2D eigenvalue weighted by atomic mass is 9.90. The summed E-state index contributed by atoms with van der Waals surface area (Å²) in [5.74, 6) is -1.93. The summed E-state index contributed by atoms with van der Waals surface area (Å²) in [4.78, 5) is 25.3. The second kappa shape index (κ2) is 5.99. The molecular weight excluding hydrogens is 294 g/mol. The van der Waals surface area contributed by atoms with Gasteiger partial charge in [-0.25, -0.2) is 0 Å². The van der Waals surface area contributed by atoms with E-state index in [9.17, 15) is 9.59 Å². The van der Waals surface area contributed by atoms with E-state index >= 15 is 0 Å². The third kappa shape index (κ3) is 2.74. The smallest absolute Gasteiger partial charge is 0.187 e. The van der Waals surface area contributed by atoms with Crippen LogP contribution in [-0.4, -0.2) is 17.8 Å². The zero-order chi connectivity index (χ0) is 14.9. The summed E-state index contributed by atoms with van der Waals surface area (Å²) in [6.45, 7) is 1.79. The van der Waals surface area contributed by atoms with Crippen molar-refractivity contribution < 1.29 is 9.59 Å². The Bertz CT molecular complexity index is 617. The lowest BCUT2D eigenvalue weighted by molar-refractivity contribution is -0.121. The Labute approximate surface area is 127 Å². The van der Waals surface area contributed by atoms with Crippen LogP contribution >= 0.6 is 23.4 Å². The monoisotopic (exact) mass is 307 g/mol. The molecule has 0 spiro atoms. The number of benzene rings is 1. The number of ketones is 2. The van der Waals surface area contributed by atoms with Crippen molar-refractivity contribution in [3.63, 3.8) is 0 Å². The quantitative estimate of drug-likeness (QED) is 0.473. The molecule has 20 heavy (non-hydrogen) atoms. The second-order valence-corrected chi connectivity index (χ2v) is 6.08. The second-order valence-electron chi connectivity index (χ2n) is 4.86. The molecule has 0 bridgehead atoms. The standard InChI is InChI=1S/C15H14ClNO2S/c1-8-10(5-6-12(16)15(8)20-2)14(19)11(7-17)13(18)9-3-4-9/h5-6,9,11H,3-4H2,1-2H3. The van der Waals surface area contributed by atoms with E-state index in [1.165, 1.54) is 11.8 Å². The highest BCUT2D eigenvalue weighted by atomic mass is 35.5. The van der Waals surface area contributed by atoms with Crippen LogP contribution in [0.1, 0.15) is 28.8 Å². The molecule has 1 saturated carbocycles. The minimum Gasteiger partial charge on any atom is -0.297 e. The third-order valence-corrected chi connectivity index (χ3v) is 4.84. The highest BCUT2D eigenvalue weighted by Gasteiger charge is 2.39. The normalized spacial score (nSPS) is 15.5. The molecule has 0 heterocycles. The van der Waals surface area contributed by atoms with Crippen molar-refractivity contribution in [1.29, 1.82) is 5.26 Å². The van der Waals surface area contributed by atoms with Gasteiger partial charge in [-0.05, 0) is 43.7 Å². The average Bonchev–Trinajstić information content (AvgIpc) is 3.24. The molecule has 1 aliphatic rings. The number of nitriles is 1. The molecule has 5 heteroatoms. The van der Waals surface area contributed by atoms with Crippen LogP contribution in [0.2, 0.25) is 5.02 Å². The maximum Gasteiger partial charge on any atom is 0.187 e. The molecule has 0 N–H and O–H groups in total. The van der Waals surface area contributed by atoms with Crippen LogP contribution in [0.3, 0.4) is 0 Å². The minimum atomic E-state index is -1.18. The largest absolute Gasteiger partial charge is 0.297 e. The Morgan fingerprint density at radius 2 is 2.10 bits per heavy atom. The molecule has 1 atom stereocenters. The van der Waals surface area contributed by atoms with Gasteiger partial charge in [0.05, 0.1) is 11.1 Å². The topological polar surface area (TPSA) is 57.9 Å². The number of thioether (sulfide) groups is 1. The van der Waals surface area contributed by atoms with Gasteiger partial charge in [-0.1, -0.05) is 11.6 Å². The summed E-state index contributed by atoms with van der Waals surface area (Å²) >= 11 is 7.53. The predicted octanol–water partition coefficient (Wildman–Crippen LogP) is 3.67. The van der Waals surface area contributed by atoms with E-state index in [1.807, 2.05) is 12.3 Å². The first-order chi connectivity index (χ1) is 9.51. The van der Waals surface area contributed by atoms with Crippen LogP contribution in [0.4, 0.5) is 0 Å². The number of halogens is 1. The van der Waals surface area contributed by atoms with Gasteiger partial charge >= 0.3 is 0 Å². The number of nitrogens with zero attached hydrogens (tertiary/aromatic N) is 1. The zero-order valence-electron chi connectivity index (χ0n) is 11.3. The van der Waals surface area contributed by atoms with Crippen LogP contribution in [0.15, 0.2) is 17.0 Å². The van der Waals surface area contributed by atoms with Crippen molar-refractivity contribution in [2.75, 3.05) is 6.26 Å². The molecule has 1 aromatic rings. The van der Waals surface area contributed by atoms with Gasteiger partial charge < -0.3 is 0 Å². The van der Waals surface area contributed by atoms with Crippen LogP contribution in [0, 0.1) is 30.1 Å². The van der Waals surface area contributed by atoms with E-state index in [1.54, 1.807) is 19.1 Å². The molecule has 0 saturated heterocycles. The van der Waals surface area contributed by atoms with Crippen molar-refractivity contribution in [3.05, 3.63) is 28.3 Å². The summed E-state index contributed by atoms with van der Waals surface area (Å²) in [5, 5.41) is 9.73. The number of Topliss-reactive ketones (excluding diaryl/α,β-unsaturated/α-hetero) is 2. The molecule has 2 rings (SSSR count). The van der Waals surface area contributed by atoms with E-state index in [4.69, 9.17) is 16.9 Å². The first-order valence-corrected chi connectivity index (χ1v) is 7.92. The van der Waals surface area contributed by atoms with Gasteiger partial charge in [0.15, 0.2) is 17.5 Å². The summed E-state index contributed by atoms with van der Waals surface area (Å²) < 4.78 is 0. The number of carbonyl (C=O) groups is 2. The van der Waals surface area contributed by atoms with Gasteiger partial charge in [-0.2, -0.15) is 5.26 Å². The minimum absolute atomic E-state index is 0.101. The van der Waals surface area contributed by atoms with Crippen molar-refractivity contribution >= 4 is 34.9 Å². The van der Waals surface area contributed by atoms with Crippen LogP contribution in [0.5, 0.6) is 0 Å². The maximum absolute atomic E-state index is 12.5. The van der Waals surface area contributed by atoms with Crippen LogP contribution in [0.25, 0.3) is 0 Å². The number of carbonyl (C=O) groups excluding carboxylic acids is 2. The molecule has 1 aliphatic carbocycles. The van der Waals surface area contributed by atoms with E-state index in [0.29, 0.717) is 10.6 Å². The van der Waals surface area contributed by atoms with E-state index in [2.05, 4.69) is 0 Å². The molecule has 0 aliphatic heterocycles. The van der Waals surface area contributed by atoms with Gasteiger partial charge in [-0.15, -0.1) is 11.8 Å². The molecule has 1 aromatic carbocycles. The van der Waals surface area contributed by atoms with Crippen molar-refractivity contribution in [2.24, 2.45) is 11.8 Å². The number of hydrogen-bond donors (Lipinski definition) is 0. The first kappa shape index (κ1) is 15.1. The average molecular weight is 308 g/mol. The molecule has 1 unspecified atom stereocenters. The van der Waals surface area contributed by atoms with E-state index < -0.39 is 11.7 Å². The Morgan fingerprint density at radius 1 is 1.45 bits per heavy atom. The highest BCUT2D eigenvalue weighted by molar-refractivity contribution is 7.98. The first-order valence-electron chi connectivity index (χ1n) is 6.32. The summed E-state index contributed by atoms with van der Waals surface area (Å²) in [6, 6.07) is 5.11. The predicted molar refractivity (Wildman–Crippen MR) is 79.1 cm³/mol. The summed E-state index contributed by atoms with van der Waals surface area (Å²) in [5.41, 5.74) is 1.15. The molecule has 0 aromatic heterocycles. The molecule has 0 radical (unpaired) electrons. The Balaban J connectivity index is 2.37. The van der Waals surface area contributed by atoms with Crippen molar-refractivity contribution in [3.8, 4) is 6.07 Å². The fourth-order valence-electron chi connectivity index (χ4n) is 2.19. The Hall–Kier alpha value is -1.31. The lowest BCUT2D eigenvalue weighted by Crippen LogP contribution is -2.25.